The second kappa shape index (κ2) is 5.18. The van der Waals surface area contributed by atoms with Gasteiger partial charge in [0, 0.05) is 6.07 Å². The van der Waals surface area contributed by atoms with Gasteiger partial charge in [-0.2, -0.15) is 5.26 Å². The van der Waals surface area contributed by atoms with Crippen LogP contribution in [0.2, 0.25) is 0 Å². The van der Waals surface area contributed by atoms with Crippen molar-refractivity contribution in [3.05, 3.63) is 57.6 Å². The van der Waals surface area contributed by atoms with Gasteiger partial charge in [-0.15, -0.1) is 0 Å². The highest BCUT2D eigenvalue weighted by Crippen LogP contribution is 2.20. The second-order valence-corrected chi connectivity index (χ2v) is 3.54. The van der Waals surface area contributed by atoms with Gasteiger partial charge >= 0.3 is 5.88 Å². The Kier molecular flexibility index (Phi) is 3.43. The molecule has 0 amide bonds. The molecule has 1 aromatic carbocycles. The van der Waals surface area contributed by atoms with Crippen molar-refractivity contribution in [3.63, 3.8) is 0 Å². The van der Waals surface area contributed by atoms with Gasteiger partial charge in [0.15, 0.2) is 0 Å². The van der Waals surface area contributed by atoms with Crippen LogP contribution in [0.1, 0.15) is 11.3 Å². The molecule has 0 atom stereocenters. The zero-order valence-corrected chi connectivity index (χ0v) is 9.50. The fraction of sp³-hybridized carbons (Fsp3) is 0.0833. The highest BCUT2D eigenvalue weighted by Gasteiger charge is 2.12. The van der Waals surface area contributed by atoms with E-state index in [-0.39, 0.29) is 29.6 Å². The van der Waals surface area contributed by atoms with Crippen molar-refractivity contribution in [3.8, 4) is 11.8 Å². The van der Waals surface area contributed by atoms with E-state index in [4.69, 9.17) is 14.4 Å². The normalized spacial score (nSPS) is 9.89. The molecule has 0 fully saturated rings. The van der Waals surface area contributed by atoms with Crippen LogP contribution in [0, 0.1) is 27.3 Å². The van der Waals surface area contributed by atoms with Crippen LogP contribution < -0.4 is 4.74 Å². The van der Waals surface area contributed by atoms with Gasteiger partial charge in [-0.1, -0.05) is 0 Å². The first-order valence-electron chi connectivity index (χ1n) is 5.15. The van der Waals surface area contributed by atoms with Crippen molar-refractivity contribution in [1.82, 2.24) is 0 Å². The fourth-order valence-electron chi connectivity index (χ4n) is 1.37. The van der Waals surface area contributed by atoms with Crippen molar-refractivity contribution < 1.29 is 18.5 Å². The zero-order chi connectivity index (χ0) is 13.8. The van der Waals surface area contributed by atoms with Gasteiger partial charge in [0.05, 0.1) is 11.6 Å². The van der Waals surface area contributed by atoms with Crippen LogP contribution in [0.15, 0.2) is 34.7 Å². The Balaban J connectivity index is 2.04. The van der Waals surface area contributed by atoms with E-state index in [0.29, 0.717) is 0 Å². The monoisotopic (exact) mass is 262 g/mol. The van der Waals surface area contributed by atoms with E-state index in [1.165, 1.54) is 24.3 Å². The molecule has 1 aromatic heterocycles. The first-order valence-corrected chi connectivity index (χ1v) is 5.15. The van der Waals surface area contributed by atoms with Gasteiger partial charge in [-0.25, -0.2) is 4.39 Å². The molecule has 0 bridgehead atoms. The van der Waals surface area contributed by atoms with Crippen molar-refractivity contribution in [1.29, 1.82) is 5.26 Å². The van der Waals surface area contributed by atoms with Gasteiger partial charge < -0.3 is 9.15 Å². The van der Waals surface area contributed by atoms with Gasteiger partial charge in [0.25, 0.3) is 0 Å². The minimum Gasteiger partial charge on any atom is -0.486 e. The molecule has 7 heteroatoms. The summed E-state index contributed by atoms with van der Waals surface area (Å²) in [5, 5.41) is 19.0. The average molecular weight is 262 g/mol. The third kappa shape index (κ3) is 2.87. The maximum absolute atomic E-state index is 13.3. The largest absolute Gasteiger partial charge is 0.486 e. The molecular weight excluding hydrogens is 255 g/mol. The number of nitro groups is 1. The molecule has 0 spiro atoms. The maximum Gasteiger partial charge on any atom is 0.433 e. The van der Waals surface area contributed by atoms with E-state index >= 15 is 0 Å². The fourth-order valence-corrected chi connectivity index (χ4v) is 1.37. The van der Waals surface area contributed by atoms with E-state index in [9.17, 15) is 14.5 Å². The summed E-state index contributed by atoms with van der Waals surface area (Å²) >= 11 is 0. The minimum atomic E-state index is -0.689. The third-order valence-corrected chi connectivity index (χ3v) is 2.27. The van der Waals surface area contributed by atoms with E-state index < -0.39 is 10.7 Å². The highest BCUT2D eigenvalue weighted by molar-refractivity contribution is 5.36. The lowest BCUT2D eigenvalue weighted by Crippen LogP contribution is -1.95. The van der Waals surface area contributed by atoms with E-state index in [2.05, 4.69) is 0 Å². The molecule has 0 radical (unpaired) electrons. The van der Waals surface area contributed by atoms with E-state index in [1.54, 1.807) is 6.07 Å². The van der Waals surface area contributed by atoms with Crippen LogP contribution in [-0.4, -0.2) is 4.92 Å². The number of rotatable bonds is 4. The summed E-state index contributed by atoms with van der Waals surface area (Å²) in [6.45, 7) is -0.0703. The first-order chi connectivity index (χ1) is 9.10. The zero-order valence-electron chi connectivity index (χ0n) is 9.50. The third-order valence-electron chi connectivity index (χ3n) is 2.27. The quantitative estimate of drug-likeness (QED) is 0.624. The molecule has 0 saturated carbocycles. The Labute approximate surface area is 106 Å². The minimum absolute atomic E-state index is 0.0703. The van der Waals surface area contributed by atoms with Gasteiger partial charge in [-0.3, -0.25) is 10.1 Å². The van der Waals surface area contributed by atoms with Crippen LogP contribution >= 0.6 is 0 Å². The lowest BCUT2D eigenvalue weighted by molar-refractivity contribution is -0.402. The van der Waals surface area contributed by atoms with Crippen molar-refractivity contribution >= 4 is 5.88 Å². The molecule has 19 heavy (non-hydrogen) atoms. The molecular formula is C12H7FN2O4. The molecule has 0 aliphatic carbocycles. The number of ether oxygens (including phenoxy) is 1. The molecule has 2 aromatic rings. The molecule has 1 heterocycles. The summed E-state index contributed by atoms with van der Waals surface area (Å²) in [5.41, 5.74) is -0.0824. The molecule has 0 aliphatic heterocycles. The summed E-state index contributed by atoms with van der Waals surface area (Å²) in [7, 11) is 0. The molecule has 2 rings (SSSR count). The Hall–Kier alpha value is -2.88. The van der Waals surface area contributed by atoms with Crippen LogP contribution in [0.3, 0.4) is 0 Å². The van der Waals surface area contributed by atoms with Crippen LogP contribution in [0.5, 0.6) is 5.75 Å². The number of nitrogens with zero attached hydrogens (tertiary/aromatic N) is 2. The Morgan fingerprint density at radius 1 is 1.42 bits per heavy atom. The van der Waals surface area contributed by atoms with Crippen LogP contribution in [0.4, 0.5) is 10.3 Å². The van der Waals surface area contributed by atoms with Crippen molar-refractivity contribution in [2.24, 2.45) is 0 Å². The summed E-state index contributed by atoms with van der Waals surface area (Å²) in [6, 6.07) is 8.08. The molecule has 96 valence electrons. The predicted molar refractivity (Wildman–Crippen MR) is 60.8 cm³/mol. The number of halogens is 1. The SMILES string of the molecule is N#Cc1ccc(OCc2ccc([N+](=O)[O-])o2)cc1F. The summed E-state index contributed by atoms with van der Waals surface area (Å²) in [4.78, 5) is 9.73. The summed E-state index contributed by atoms with van der Waals surface area (Å²) in [6.07, 6.45) is 0. The number of hydrogen-bond donors (Lipinski definition) is 0. The maximum atomic E-state index is 13.3. The van der Waals surface area contributed by atoms with Gasteiger partial charge in [-0.05, 0) is 18.2 Å². The Bertz CT molecular complexity index is 660. The van der Waals surface area contributed by atoms with E-state index in [0.717, 1.165) is 6.07 Å². The lowest BCUT2D eigenvalue weighted by Gasteiger charge is -2.04. The standard InChI is InChI=1S/C12H7FN2O4/c13-11-5-9(2-1-8(11)6-14)18-7-10-3-4-12(19-10)15(16)17/h1-5H,7H2. The van der Waals surface area contributed by atoms with Crippen LogP contribution in [-0.2, 0) is 6.61 Å². The number of nitriles is 1. The van der Waals surface area contributed by atoms with Gasteiger partial charge in [0.2, 0.25) is 0 Å². The van der Waals surface area contributed by atoms with E-state index in [1.807, 2.05) is 0 Å². The number of hydrogen-bond acceptors (Lipinski definition) is 5. The van der Waals surface area contributed by atoms with Gasteiger partial charge in [0.1, 0.15) is 34.9 Å². The van der Waals surface area contributed by atoms with Crippen molar-refractivity contribution in [2.75, 3.05) is 0 Å². The Morgan fingerprint density at radius 3 is 2.79 bits per heavy atom. The average Bonchev–Trinajstić information content (AvgIpc) is 2.85. The first kappa shape index (κ1) is 12.6. The number of furan rings is 1. The molecule has 6 nitrogen and oxygen atoms in total. The molecule has 0 aliphatic rings. The topological polar surface area (TPSA) is 89.3 Å². The molecule has 0 unspecified atom stereocenters. The van der Waals surface area contributed by atoms with Crippen LogP contribution in [0.25, 0.3) is 0 Å². The highest BCUT2D eigenvalue weighted by atomic mass is 19.1. The molecule has 0 N–H and O–H groups in total. The molecule has 0 saturated heterocycles. The second-order valence-electron chi connectivity index (χ2n) is 3.54. The van der Waals surface area contributed by atoms with Crippen molar-refractivity contribution in [2.45, 2.75) is 6.61 Å². The predicted octanol–water partition coefficient (Wildman–Crippen LogP) is 2.78. The number of benzene rings is 1. The smallest absolute Gasteiger partial charge is 0.433 e. The Morgan fingerprint density at radius 2 is 2.21 bits per heavy atom. The summed E-state index contributed by atoms with van der Waals surface area (Å²) < 4.78 is 23.3. The summed E-state index contributed by atoms with van der Waals surface area (Å²) in [5.74, 6) is -0.623. The lowest BCUT2D eigenvalue weighted by atomic mass is 10.2.